The maximum atomic E-state index is 11.3. The molecule has 0 aliphatic carbocycles. The van der Waals surface area contributed by atoms with E-state index in [9.17, 15) is 4.79 Å². The van der Waals surface area contributed by atoms with Crippen molar-refractivity contribution in [1.82, 2.24) is 5.32 Å². The zero-order valence-corrected chi connectivity index (χ0v) is 11.4. The van der Waals surface area contributed by atoms with Crippen LogP contribution in [0.2, 0.25) is 0 Å². The van der Waals surface area contributed by atoms with Crippen molar-refractivity contribution >= 4 is 5.97 Å². The van der Waals surface area contributed by atoms with Gasteiger partial charge in [-0.3, -0.25) is 0 Å². The summed E-state index contributed by atoms with van der Waals surface area (Å²) in [7, 11) is 1.39. The number of hydrogen-bond acceptors (Lipinski definition) is 4. The van der Waals surface area contributed by atoms with Gasteiger partial charge in [-0.1, -0.05) is 12.1 Å². The third-order valence-corrected chi connectivity index (χ3v) is 3.35. The first-order valence-corrected chi connectivity index (χ1v) is 6.79. The molecule has 0 spiro atoms. The van der Waals surface area contributed by atoms with Gasteiger partial charge in [0, 0.05) is 19.7 Å². The zero-order valence-electron chi connectivity index (χ0n) is 11.4. The molecule has 1 N–H and O–H groups in total. The highest BCUT2D eigenvalue weighted by atomic mass is 16.5. The first kappa shape index (κ1) is 14.0. The van der Waals surface area contributed by atoms with E-state index in [-0.39, 0.29) is 5.97 Å². The molecule has 1 aromatic carbocycles. The molecule has 4 heteroatoms. The van der Waals surface area contributed by atoms with Gasteiger partial charge in [-0.25, -0.2) is 4.79 Å². The van der Waals surface area contributed by atoms with Crippen LogP contribution in [0.4, 0.5) is 0 Å². The van der Waals surface area contributed by atoms with Crippen LogP contribution in [0.25, 0.3) is 0 Å². The van der Waals surface area contributed by atoms with Crippen LogP contribution in [0.3, 0.4) is 0 Å². The number of hydrogen-bond donors (Lipinski definition) is 1. The van der Waals surface area contributed by atoms with Crippen molar-refractivity contribution in [3.63, 3.8) is 0 Å². The summed E-state index contributed by atoms with van der Waals surface area (Å²) < 4.78 is 10.3. The van der Waals surface area contributed by atoms with Crippen molar-refractivity contribution in [2.75, 3.05) is 20.3 Å². The second-order valence-electron chi connectivity index (χ2n) is 4.81. The van der Waals surface area contributed by atoms with E-state index in [0.717, 1.165) is 31.7 Å². The lowest BCUT2D eigenvalue weighted by Gasteiger charge is -2.22. The molecule has 1 heterocycles. The van der Waals surface area contributed by atoms with E-state index in [1.54, 1.807) is 12.1 Å². The maximum absolute atomic E-state index is 11.3. The SMILES string of the molecule is COC(=O)c1ccc(CNCC2CCCCO2)cc1. The third-order valence-electron chi connectivity index (χ3n) is 3.35. The Labute approximate surface area is 114 Å². The molecule has 1 unspecified atom stereocenters. The van der Waals surface area contributed by atoms with Crippen LogP contribution in [-0.4, -0.2) is 32.3 Å². The van der Waals surface area contributed by atoms with Gasteiger partial charge in [0.25, 0.3) is 0 Å². The number of methoxy groups -OCH3 is 1. The number of nitrogens with one attached hydrogen (secondary N) is 1. The van der Waals surface area contributed by atoms with Crippen LogP contribution in [0.1, 0.15) is 35.2 Å². The van der Waals surface area contributed by atoms with E-state index < -0.39 is 0 Å². The number of carbonyl (C=O) groups is 1. The van der Waals surface area contributed by atoms with Crippen LogP contribution < -0.4 is 5.32 Å². The standard InChI is InChI=1S/C15H21NO3/c1-18-15(17)13-7-5-12(6-8-13)10-16-11-14-4-2-3-9-19-14/h5-8,14,16H,2-4,9-11H2,1H3. The molecule has 1 aliphatic rings. The summed E-state index contributed by atoms with van der Waals surface area (Å²) in [6.07, 6.45) is 3.95. The Morgan fingerprint density at radius 3 is 2.79 bits per heavy atom. The summed E-state index contributed by atoms with van der Waals surface area (Å²) in [5, 5.41) is 3.39. The maximum Gasteiger partial charge on any atom is 0.337 e. The summed E-state index contributed by atoms with van der Waals surface area (Å²) in [6, 6.07) is 7.47. The largest absolute Gasteiger partial charge is 0.465 e. The lowest BCUT2D eigenvalue weighted by Crippen LogP contribution is -2.31. The Balaban J connectivity index is 1.75. The second kappa shape index (κ2) is 7.26. The van der Waals surface area contributed by atoms with Crippen LogP contribution in [0.5, 0.6) is 0 Å². The highest BCUT2D eigenvalue weighted by molar-refractivity contribution is 5.89. The lowest BCUT2D eigenvalue weighted by molar-refractivity contribution is 0.0168. The summed E-state index contributed by atoms with van der Waals surface area (Å²) >= 11 is 0. The monoisotopic (exact) mass is 263 g/mol. The van der Waals surface area contributed by atoms with Crippen molar-refractivity contribution in [3.05, 3.63) is 35.4 Å². The normalized spacial score (nSPS) is 19.1. The predicted molar refractivity (Wildman–Crippen MR) is 73.1 cm³/mol. The number of esters is 1. The molecule has 19 heavy (non-hydrogen) atoms. The minimum atomic E-state index is -0.296. The molecule has 2 rings (SSSR count). The summed E-state index contributed by atoms with van der Waals surface area (Å²) in [5.74, 6) is -0.296. The Bertz CT molecular complexity index is 396. The fourth-order valence-corrected chi connectivity index (χ4v) is 2.22. The van der Waals surface area contributed by atoms with Crippen molar-refractivity contribution in [2.24, 2.45) is 0 Å². The highest BCUT2D eigenvalue weighted by Crippen LogP contribution is 2.12. The second-order valence-corrected chi connectivity index (χ2v) is 4.81. The Kier molecular flexibility index (Phi) is 5.36. The van der Waals surface area contributed by atoms with Gasteiger partial charge in [0.15, 0.2) is 0 Å². The molecular weight excluding hydrogens is 242 g/mol. The lowest BCUT2D eigenvalue weighted by atomic mass is 10.1. The first-order valence-electron chi connectivity index (χ1n) is 6.79. The predicted octanol–water partition coefficient (Wildman–Crippen LogP) is 2.13. The fraction of sp³-hybridized carbons (Fsp3) is 0.533. The smallest absolute Gasteiger partial charge is 0.337 e. The van der Waals surface area contributed by atoms with E-state index in [4.69, 9.17) is 4.74 Å². The number of ether oxygens (including phenoxy) is 2. The molecule has 1 atom stereocenters. The van der Waals surface area contributed by atoms with Gasteiger partial charge < -0.3 is 14.8 Å². The van der Waals surface area contributed by atoms with Crippen LogP contribution >= 0.6 is 0 Å². The molecule has 1 aliphatic heterocycles. The Morgan fingerprint density at radius 2 is 2.16 bits per heavy atom. The van der Waals surface area contributed by atoms with Gasteiger partial charge in [0.2, 0.25) is 0 Å². The molecule has 1 fully saturated rings. The van der Waals surface area contributed by atoms with Gasteiger partial charge in [-0.05, 0) is 37.0 Å². The molecule has 4 nitrogen and oxygen atoms in total. The Morgan fingerprint density at radius 1 is 1.37 bits per heavy atom. The molecule has 1 saturated heterocycles. The summed E-state index contributed by atoms with van der Waals surface area (Å²) in [6.45, 7) is 2.57. The average molecular weight is 263 g/mol. The summed E-state index contributed by atoms with van der Waals surface area (Å²) in [5.41, 5.74) is 1.74. The van der Waals surface area contributed by atoms with Gasteiger partial charge in [0.05, 0.1) is 18.8 Å². The zero-order chi connectivity index (χ0) is 13.5. The van der Waals surface area contributed by atoms with E-state index in [0.29, 0.717) is 11.7 Å². The van der Waals surface area contributed by atoms with E-state index in [2.05, 4.69) is 10.1 Å². The van der Waals surface area contributed by atoms with Crippen molar-refractivity contribution in [3.8, 4) is 0 Å². The molecule has 0 amide bonds. The fourth-order valence-electron chi connectivity index (χ4n) is 2.22. The van der Waals surface area contributed by atoms with Crippen molar-refractivity contribution in [2.45, 2.75) is 31.9 Å². The molecule has 104 valence electrons. The minimum Gasteiger partial charge on any atom is -0.465 e. The van der Waals surface area contributed by atoms with Gasteiger partial charge >= 0.3 is 5.97 Å². The van der Waals surface area contributed by atoms with E-state index in [1.165, 1.54) is 20.0 Å². The minimum absolute atomic E-state index is 0.296. The Hall–Kier alpha value is -1.39. The van der Waals surface area contributed by atoms with Gasteiger partial charge in [-0.2, -0.15) is 0 Å². The number of rotatable bonds is 5. The number of carbonyl (C=O) groups excluding carboxylic acids is 1. The number of benzene rings is 1. The quantitative estimate of drug-likeness (QED) is 0.827. The highest BCUT2D eigenvalue weighted by Gasteiger charge is 2.12. The van der Waals surface area contributed by atoms with Crippen LogP contribution in [-0.2, 0) is 16.0 Å². The summed E-state index contributed by atoms with van der Waals surface area (Å²) in [4.78, 5) is 11.3. The van der Waals surface area contributed by atoms with Crippen molar-refractivity contribution in [1.29, 1.82) is 0 Å². The molecular formula is C15H21NO3. The van der Waals surface area contributed by atoms with Crippen molar-refractivity contribution < 1.29 is 14.3 Å². The van der Waals surface area contributed by atoms with Gasteiger partial charge in [0.1, 0.15) is 0 Å². The topological polar surface area (TPSA) is 47.6 Å². The molecule has 0 radical (unpaired) electrons. The van der Waals surface area contributed by atoms with E-state index >= 15 is 0 Å². The molecule has 0 saturated carbocycles. The van der Waals surface area contributed by atoms with Crippen LogP contribution in [0.15, 0.2) is 24.3 Å². The van der Waals surface area contributed by atoms with E-state index in [1.807, 2.05) is 12.1 Å². The third kappa shape index (κ3) is 4.33. The van der Waals surface area contributed by atoms with Gasteiger partial charge in [-0.15, -0.1) is 0 Å². The molecule has 0 aromatic heterocycles. The molecule has 0 bridgehead atoms. The van der Waals surface area contributed by atoms with Crippen LogP contribution in [0, 0.1) is 0 Å². The first-order chi connectivity index (χ1) is 9.29. The average Bonchev–Trinajstić information content (AvgIpc) is 2.48. The molecule has 1 aromatic rings.